The molecule has 2 heterocycles. The average molecular weight is 262 g/mol. The van der Waals surface area contributed by atoms with E-state index in [4.69, 9.17) is 6.42 Å². The van der Waals surface area contributed by atoms with Gasteiger partial charge in [0.05, 0.1) is 0 Å². The van der Waals surface area contributed by atoms with Crippen molar-refractivity contribution in [3.63, 3.8) is 0 Å². The molecule has 16 heavy (non-hydrogen) atoms. The number of terminal acetylenes is 1. The molecule has 0 aliphatic rings. The minimum absolute atomic E-state index is 0.994. The van der Waals surface area contributed by atoms with E-state index in [9.17, 15) is 0 Å². The molecule has 80 valence electrons. The van der Waals surface area contributed by atoms with Crippen LogP contribution >= 0.6 is 34.4 Å². The molecule has 0 radical (unpaired) electrons. The van der Waals surface area contributed by atoms with E-state index in [0.717, 1.165) is 5.75 Å². The molecular weight excluding hydrogens is 252 g/mol. The Morgan fingerprint density at radius 3 is 3.00 bits per heavy atom. The maximum Gasteiger partial charge on any atom is 0.0445 e. The van der Waals surface area contributed by atoms with Gasteiger partial charge in [-0.15, -0.1) is 40.9 Å². The zero-order valence-corrected chi connectivity index (χ0v) is 11.0. The van der Waals surface area contributed by atoms with Crippen molar-refractivity contribution in [1.29, 1.82) is 0 Å². The Kier molecular flexibility index (Phi) is 4.29. The van der Waals surface area contributed by atoms with Crippen LogP contribution in [0.5, 0.6) is 0 Å². The van der Waals surface area contributed by atoms with Crippen molar-refractivity contribution in [2.45, 2.75) is 5.75 Å². The second-order valence-electron chi connectivity index (χ2n) is 3.02. The molecule has 2 aromatic heterocycles. The number of thioether (sulfide) groups is 1. The van der Waals surface area contributed by atoms with Crippen LogP contribution in [0.3, 0.4) is 0 Å². The highest BCUT2D eigenvalue weighted by Gasteiger charge is 2.02. The van der Waals surface area contributed by atoms with Crippen LogP contribution in [0.25, 0.3) is 9.75 Å². The summed E-state index contributed by atoms with van der Waals surface area (Å²) in [5.74, 6) is 3.48. The van der Waals surface area contributed by atoms with Crippen molar-refractivity contribution in [3.8, 4) is 22.1 Å². The predicted octanol–water partition coefficient (Wildman–Crippen LogP) is 4.86. The lowest BCUT2D eigenvalue weighted by Gasteiger charge is -1.91. The summed E-state index contributed by atoms with van der Waals surface area (Å²) in [6, 6.07) is 8.63. The number of thiophene rings is 2. The van der Waals surface area contributed by atoms with Crippen LogP contribution in [-0.4, -0.2) is 0 Å². The molecule has 0 aliphatic carbocycles. The Morgan fingerprint density at radius 1 is 1.31 bits per heavy atom. The minimum Gasteiger partial charge on any atom is -0.143 e. The fraction of sp³-hybridized carbons (Fsp3) is 0.0769. The molecular formula is C13H10S3. The summed E-state index contributed by atoms with van der Waals surface area (Å²) in [5.41, 5.74) is 0. The van der Waals surface area contributed by atoms with Gasteiger partial charge in [-0.1, -0.05) is 12.0 Å². The molecule has 3 heteroatoms. The van der Waals surface area contributed by atoms with E-state index < -0.39 is 0 Å². The van der Waals surface area contributed by atoms with Crippen LogP contribution in [0.4, 0.5) is 0 Å². The fourth-order valence-corrected chi connectivity index (χ4v) is 3.83. The molecule has 0 spiro atoms. The van der Waals surface area contributed by atoms with Crippen LogP contribution in [0.15, 0.2) is 41.1 Å². The smallest absolute Gasteiger partial charge is 0.0445 e. The third-order valence-corrected chi connectivity index (χ3v) is 5.05. The molecule has 0 atom stereocenters. The lowest BCUT2D eigenvalue weighted by molar-refractivity contribution is 1.56. The second kappa shape index (κ2) is 5.95. The Balaban J connectivity index is 1.98. The van der Waals surface area contributed by atoms with Crippen LogP contribution in [0.1, 0.15) is 4.88 Å². The van der Waals surface area contributed by atoms with E-state index in [2.05, 4.69) is 35.6 Å². The highest BCUT2D eigenvalue weighted by molar-refractivity contribution is 8.01. The topological polar surface area (TPSA) is 0 Å². The highest BCUT2D eigenvalue weighted by Crippen LogP contribution is 2.32. The quantitative estimate of drug-likeness (QED) is 0.709. The first-order valence-electron chi connectivity index (χ1n) is 4.75. The van der Waals surface area contributed by atoms with Crippen molar-refractivity contribution in [2.75, 3.05) is 0 Å². The largest absolute Gasteiger partial charge is 0.143 e. The summed E-state index contributed by atoms with van der Waals surface area (Å²) in [5, 5.41) is 4.07. The van der Waals surface area contributed by atoms with Gasteiger partial charge in [-0.2, -0.15) is 0 Å². The van der Waals surface area contributed by atoms with E-state index in [-0.39, 0.29) is 0 Å². The van der Waals surface area contributed by atoms with Crippen LogP contribution in [0, 0.1) is 12.3 Å². The molecule has 0 unspecified atom stereocenters. The molecule has 0 fully saturated rings. The van der Waals surface area contributed by atoms with Crippen LogP contribution in [0.2, 0.25) is 0 Å². The SMILES string of the molecule is C#C/C=C\SCc1ccc(-c2cccs2)s1. The van der Waals surface area contributed by atoms with Gasteiger partial charge < -0.3 is 0 Å². The third-order valence-electron chi connectivity index (χ3n) is 1.91. The average Bonchev–Trinajstić information content (AvgIpc) is 2.94. The lowest BCUT2D eigenvalue weighted by Crippen LogP contribution is -1.66. The van der Waals surface area contributed by atoms with Gasteiger partial charge in [-0.3, -0.25) is 0 Å². The molecule has 0 N–H and O–H groups in total. The van der Waals surface area contributed by atoms with Gasteiger partial charge in [0, 0.05) is 20.4 Å². The van der Waals surface area contributed by atoms with E-state index in [0.29, 0.717) is 0 Å². The normalized spacial score (nSPS) is 10.7. The zero-order chi connectivity index (χ0) is 11.2. The summed E-state index contributed by atoms with van der Waals surface area (Å²) in [4.78, 5) is 4.09. The van der Waals surface area contributed by atoms with Gasteiger partial charge >= 0.3 is 0 Å². The molecule has 0 bridgehead atoms. The number of rotatable bonds is 4. The molecule has 0 nitrogen and oxygen atoms in total. The molecule has 0 aliphatic heterocycles. The van der Waals surface area contributed by atoms with Gasteiger partial charge in [0.2, 0.25) is 0 Å². The van der Waals surface area contributed by atoms with Gasteiger partial charge in [0.25, 0.3) is 0 Å². The van der Waals surface area contributed by atoms with E-state index in [1.807, 2.05) is 16.7 Å². The van der Waals surface area contributed by atoms with E-state index in [1.165, 1.54) is 14.6 Å². The Bertz CT molecular complexity index is 498. The van der Waals surface area contributed by atoms with E-state index in [1.54, 1.807) is 29.2 Å². The maximum absolute atomic E-state index is 5.13. The Morgan fingerprint density at radius 2 is 2.25 bits per heavy atom. The predicted molar refractivity (Wildman–Crippen MR) is 76.9 cm³/mol. The monoisotopic (exact) mass is 262 g/mol. The number of hydrogen-bond donors (Lipinski definition) is 0. The molecule has 0 saturated carbocycles. The number of hydrogen-bond acceptors (Lipinski definition) is 3. The molecule has 0 aromatic carbocycles. The van der Waals surface area contributed by atoms with Crippen molar-refractivity contribution < 1.29 is 0 Å². The molecule has 0 saturated heterocycles. The standard InChI is InChI=1S/C13H10S3/c1-2-3-8-14-10-11-6-7-13(16-11)12-5-4-9-15-12/h1,3-9H,10H2/b8-3-. The van der Waals surface area contributed by atoms with Gasteiger partial charge in [0.1, 0.15) is 0 Å². The van der Waals surface area contributed by atoms with Crippen molar-refractivity contribution in [1.82, 2.24) is 0 Å². The highest BCUT2D eigenvalue weighted by atomic mass is 32.2. The number of allylic oxidation sites excluding steroid dienone is 1. The summed E-state index contributed by atoms with van der Waals surface area (Å²) in [6.45, 7) is 0. The third kappa shape index (κ3) is 3.02. The zero-order valence-electron chi connectivity index (χ0n) is 8.55. The van der Waals surface area contributed by atoms with E-state index >= 15 is 0 Å². The maximum atomic E-state index is 5.13. The molecule has 0 amide bonds. The second-order valence-corrected chi connectivity index (χ2v) is 6.03. The first-order valence-corrected chi connectivity index (χ1v) is 7.50. The Labute approximate surface area is 108 Å². The van der Waals surface area contributed by atoms with Crippen molar-refractivity contribution in [3.05, 3.63) is 46.0 Å². The van der Waals surface area contributed by atoms with Gasteiger partial charge in [0.15, 0.2) is 0 Å². The summed E-state index contributed by atoms with van der Waals surface area (Å²) < 4.78 is 0. The first kappa shape index (κ1) is 11.5. The van der Waals surface area contributed by atoms with Crippen molar-refractivity contribution in [2.24, 2.45) is 0 Å². The van der Waals surface area contributed by atoms with Crippen molar-refractivity contribution >= 4 is 34.4 Å². The fourth-order valence-electron chi connectivity index (χ4n) is 1.22. The minimum atomic E-state index is 0.994. The summed E-state index contributed by atoms with van der Waals surface area (Å²) >= 11 is 5.37. The summed E-state index contributed by atoms with van der Waals surface area (Å²) in [7, 11) is 0. The lowest BCUT2D eigenvalue weighted by atomic mass is 10.4. The molecule has 2 aromatic rings. The first-order chi connectivity index (χ1) is 7.90. The van der Waals surface area contributed by atoms with Crippen LogP contribution < -0.4 is 0 Å². The van der Waals surface area contributed by atoms with Gasteiger partial charge in [-0.05, 0) is 35.1 Å². The molecule has 2 rings (SSSR count). The summed E-state index contributed by atoms with van der Waals surface area (Å²) in [6.07, 6.45) is 6.86. The van der Waals surface area contributed by atoms with Gasteiger partial charge in [-0.25, -0.2) is 0 Å². The van der Waals surface area contributed by atoms with Crippen LogP contribution in [-0.2, 0) is 5.75 Å². The Hall–Kier alpha value is -0.950.